The smallest absolute Gasteiger partial charge is 0.273 e. The number of halogens is 1. The van der Waals surface area contributed by atoms with Gasteiger partial charge in [-0.2, -0.15) is 0 Å². The zero-order valence-electron chi connectivity index (χ0n) is 9.68. The molecule has 0 radical (unpaired) electrons. The topological polar surface area (TPSA) is 61.6 Å². The van der Waals surface area contributed by atoms with Crippen LogP contribution in [0.5, 0.6) is 11.5 Å². The minimum absolute atomic E-state index is 0.00713. The van der Waals surface area contributed by atoms with Crippen LogP contribution in [0.1, 0.15) is 6.92 Å². The Morgan fingerprint density at radius 3 is 2.71 bits per heavy atom. The minimum atomic E-state index is -0.458. The second-order valence-electron chi connectivity index (χ2n) is 3.66. The molecule has 17 heavy (non-hydrogen) atoms. The maximum absolute atomic E-state index is 10.6. The van der Waals surface area contributed by atoms with E-state index in [1.807, 2.05) is 6.92 Å². The van der Waals surface area contributed by atoms with Crippen LogP contribution in [0.2, 0.25) is 0 Å². The number of nitrogens with zero attached hydrogens (tertiary/aromatic N) is 1. The van der Waals surface area contributed by atoms with Gasteiger partial charge >= 0.3 is 0 Å². The highest BCUT2D eigenvalue weighted by Crippen LogP contribution is 2.31. The Kier molecular flexibility index (Phi) is 5.21. The van der Waals surface area contributed by atoms with Gasteiger partial charge in [-0.15, -0.1) is 0 Å². The Hall–Kier alpha value is -1.30. The van der Waals surface area contributed by atoms with E-state index in [0.29, 0.717) is 24.0 Å². The molecule has 1 aromatic rings. The van der Waals surface area contributed by atoms with Crippen molar-refractivity contribution in [2.24, 2.45) is 5.92 Å². The van der Waals surface area contributed by atoms with E-state index < -0.39 is 4.92 Å². The van der Waals surface area contributed by atoms with Crippen LogP contribution < -0.4 is 9.47 Å². The van der Waals surface area contributed by atoms with Gasteiger partial charge < -0.3 is 9.47 Å². The molecule has 6 heteroatoms. The number of hydrogen-bond donors (Lipinski definition) is 0. The van der Waals surface area contributed by atoms with Crippen molar-refractivity contribution >= 4 is 21.6 Å². The number of nitro benzene ring substituents is 1. The van der Waals surface area contributed by atoms with Crippen molar-refractivity contribution in [3.05, 3.63) is 28.3 Å². The molecule has 0 saturated carbocycles. The second kappa shape index (κ2) is 6.44. The third kappa shape index (κ3) is 3.89. The van der Waals surface area contributed by atoms with Crippen LogP contribution in [0.15, 0.2) is 18.2 Å². The van der Waals surface area contributed by atoms with E-state index in [9.17, 15) is 10.1 Å². The maximum atomic E-state index is 10.6. The fourth-order valence-corrected chi connectivity index (χ4v) is 1.36. The van der Waals surface area contributed by atoms with E-state index in [2.05, 4.69) is 15.9 Å². The molecule has 0 heterocycles. The normalized spacial score (nSPS) is 11.9. The quantitative estimate of drug-likeness (QED) is 0.460. The lowest BCUT2D eigenvalue weighted by Gasteiger charge is -2.12. The molecule has 5 nitrogen and oxygen atoms in total. The molecule has 0 aliphatic carbocycles. The van der Waals surface area contributed by atoms with Gasteiger partial charge in [0.15, 0.2) is 11.5 Å². The molecule has 0 aliphatic heterocycles. The molecular weight excluding hydrogens is 290 g/mol. The highest BCUT2D eigenvalue weighted by atomic mass is 79.9. The molecule has 0 amide bonds. The predicted molar refractivity (Wildman–Crippen MR) is 68.1 cm³/mol. The molecular formula is C11H14BrNO4. The second-order valence-corrected chi connectivity index (χ2v) is 4.31. The van der Waals surface area contributed by atoms with Gasteiger partial charge in [0.2, 0.25) is 0 Å². The van der Waals surface area contributed by atoms with Gasteiger partial charge in [0.1, 0.15) is 0 Å². The summed E-state index contributed by atoms with van der Waals surface area (Å²) in [5.74, 6) is 1.21. The molecule has 0 fully saturated rings. The van der Waals surface area contributed by atoms with E-state index in [0.717, 1.165) is 5.33 Å². The van der Waals surface area contributed by atoms with Gasteiger partial charge in [0.25, 0.3) is 5.69 Å². The SMILES string of the molecule is COc1ccc([N+](=O)[O-])cc1OCC(C)CBr. The molecule has 1 rings (SSSR count). The van der Waals surface area contributed by atoms with Crippen molar-refractivity contribution in [3.8, 4) is 11.5 Å². The molecule has 0 bridgehead atoms. The van der Waals surface area contributed by atoms with Gasteiger partial charge in [0, 0.05) is 11.4 Å². The first-order valence-corrected chi connectivity index (χ1v) is 6.21. The summed E-state index contributed by atoms with van der Waals surface area (Å²) in [5.41, 5.74) is -0.00713. The van der Waals surface area contributed by atoms with Crippen molar-refractivity contribution < 1.29 is 14.4 Å². The number of hydrogen-bond acceptors (Lipinski definition) is 4. The van der Waals surface area contributed by atoms with Gasteiger partial charge in [-0.25, -0.2) is 0 Å². The van der Waals surface area contributed by atoms with E-state index in [-0.39, 0.29) is 5.69 Å². The summed E-state index contributed by atoms with van der Waals surface area (Å²) < 4.78 is 10.6. The summed E-state index contributed by atoms with van der Waals surface area (Å²) in [7, 11) is 1.50. The van der Waals surface area contributed by atoms with Gasteiger partial charge in [0.05, 0.1) is 24.7 Å². The van der Waals surface area contributed by atoms with Crippen LogP contribution in [-0.2, 0) is 0 Å². The van der Waals surface area contributed by atoms with Gasteiger partial charge in [-0.1, -0.05) is 22.9 Å². The lowest BCUT2D eigenvalue weighted by Crippen LogP contribution is -2.10. The average Bonchev–Trinajstić information content (AvgIpc) is 2.35. The average molecular weight is 304 g/mol. The Bertz CT molecular complexity index is 397. The van der Waals surface area contributed by atoms with Crippen molar-refractivity contribution in [3.63, 3.8) is 0 Å². The van der Waals surface area contributed by atoms with Crippen molar-refractivity contribution in [2.45, 2.75) is 6.92 Å². The van der Waals surface area contributed by atoms with E-state index >= 15 is 0 Å². The van der Waals surface area contributed by atoms with Crippen LogP contribution in [0.4, 0.5) is 5.69 Å². The number of rotatable bonds is 6. The summed E-state index contributed by atoms with van der Waals surface area (Å²) in [5, 5.41) is 11.5. The Morgan fingerprint density at radius 2 is 2.18 bits per heavy atom. The molecule has 0 saturated heterocycles. The van der Waals surface area contributed by atoms with Crippen molar-refractivity contribution in [1.29, 1.82) is 0 Å². The number of alkyl halides is 1. The minimum Gasteiger partial charge on any atom is -0.493 e. The summed E-state index contributed by atoms with van der Waals surface area (Å²) in [6.07, 6.45) is 0. The Morgan fingerprint density at radius 1 is 1.47 bits per heavy atom. The molecule has 1 unspecified atom stereocenters. The zero-order valence-corrected chi connectivity index (χ0v) is 11.3. The Balaban J connectivity index is 2.86. The first-order valence-electron chi connectivity index (χ1n) is 5.09. The molecule has 0 N–H and O–H groups in total. The third-order valence-corrected chi connectivity index (χ3v) is 3.25. The highest BCUT2D eigenvalue weighted by Gasteiger charge is 2.13. The molecule has 1 atom stereocenters. The first kappa shape index (κ1) is 13.8. The largest absolute Gasteiger partial charge is 0.493 e. The fraction of sp³-hybridized carbons (Fsp3) is 0.455. The summed E-state index contributed by atoms with van der Waals surface area (Å²) >= 11 is 3.34. The van der Waals surface area contributed by atoms with E-state index in [1.165, 1.54) is 25.3 Å². The summed E-state index contributed by atoms with van der Waals surface area (Å²) in [6, 6.07) is 4.30. The lowest BCUT2D eigenvalue weighted by atomic mass is 10.2. The maximum Gasteiger partial charge on any atom is 0.273 e. The molecule has 0 spiro atoms. The van der Waals surface area contributed by atoms with Gasteiger partial charge in [-0.3, -0.25) is 10.1 Å². The lowest BCUT2D eigenvalue weighted by molar-refractivity contribution is -0.385. The van der Waals surface area contributed by atoms with Crippen molar-refractivity contribution in [2.75, 3.05) is 19.0 Å². The number of nitro groups is 1. The van der Waals surface area contributed by atoms with E-state index in [1.54, 1.807) is 0 Å². The number of ether oxygens (including phenoxy) is 2. The van der Waals surface area contributed by atoms with Crippen LogP contribution in [0.3, 0.4) is 0 Å². The third-order valence-electron chi connectivity index (χ3n) is 2.14. The van der Waals surface area contributed by atoms with Crippen LogP contribution in [0.25, 0.3) is 0 Å². The highest BCUT2D eigenvalue weighted by molar-refractivity contribution is 9.09. The molecule has 94 valence electrons. The number of benzene rings is 1. The Labute approximate surface area is 108 Å². The zero-order chi connectivity index (χ0) is 12.8. The van der Waals surface area contributed by atoms with E-state index in [4.69, 9.17) is 9.47 Å². The monoisotopic (exact) mass is 303 g/mol. The standard InChI is InChI=1S/C11H14BrNO4/c1-8(6-12)7-17-11-5-9(13(14)15)3-4-10(11)16-2/h3-5,8H,6-7H2,1-2H3. The summed E-state index contributed by atoms with van der Waals surface area (Å²) in [6.45, 7) is 2.49. The predicted octanol–water partition coefficient (Wildman–Crippen LogP) is 3.01. The molecule has 0 aromatic heterocycles. The van der Waals surface area contributed by atoms with Crippen LogP contribution in [0, 0.1) is 16.0 Å². The molecule has 0 aliphatic rings. The number of methoxy groups -OCH3 is 1. The van der Waals surface area contributed by atoms with Gasteiger partial charge in [-0.05, 0) is 12.0 Å². The fourth-order valence-electron chi connectivity index (χ4n) is 1.17. The van der Waals surface area contributed by atoms with Crippen LogP contribution in [-0.4, -0.2) is 24.0 Å². The van der Waals surface area contributed by atoms with Crippen LogP contribution >= 0.6 is 15.9 Å². The first-order chi connectivity index (χ1) is 8.08. The number of non-ortho nitro benzene ring substituents is 1. The summed E-state index contributed by atoms with van der Waals surface area (Å²) in [4.78, 5) is 10.2. The van der Waals surface area contributed by atoms with Crippen molar-refractivity contribution in [1.82, 2.24) is 0 Å². The molecule has 1 aromatic carbocycles.